The Balaban J connectivity index is 1.69. The van der Waals surface area contributed by atoms with E-state index in [9.17, 15) is 4.79 Å². The molecule has 126 valence electrons. The first-order chi connectivity index (χ1) is 11.2. The van der Waals surface area contributed by atoms with E-state index in [1.165, 1.54) is 5.56 Å². The number of hydrogen-bond acceptors (Lipinski definition) is 3. The lowest BCUT2D eigenvalue weighted by Crippen LogP contribution is -2.48. The van der Waals surface area contributed by atoms with Gasteiger partial charge in [0.15, 0.2) is 0 Å². The minimum absolute atomic E-state index is 0.0411. The maximum absolute atomic E-state index is 12.5. The molecule has 3 rings (SSSR count). The van der Waals surface area contributed by atoms with Crippen molar-refractivity contribution in [3.05, 3.63) is 34.9 Å². The average molecular weight is 337 g/mol. The van der Waals surface area contributed by atoms with Crippen LogP contribution in [0.2, 0.25) is 5.02 Å². The summed E-state index contributed by atoms with van der Waals surface area (Å²) in [5, 5.41) is 7.26. The summed E-state index contributed by atoms with van der Waals surface area (Å²) in [6.07, 6.45) is 3.92. The van der Waals surface area contributed by atoms with Gasteiger partial charge in [-0.25, -0.2) is 0 Å². The van der Waals surface area contributed by atoms with Gasteiger partial charge in [-0.15, -0.1) is 0 Å². The summed E-state index contributed by atoms with van der Waals surface area (Å²) < 4.78 is 5.54. The molecule has 2 saturated heterocycles. The van der Waals surface area contributed by atoms with Gasteiger partial charge in [0, 0.05) is 36.7 Å². The minimum atomic E-state index is -0.0411. The van der Waals surface area contributed by atoms with Crippen molar-refractivity contribution in [2.45, 2.75) is 31.1 Å². The smallest absolute Gasteiger partial charge is 0.224 e. The molecule has 1 amide bonds. The van der Waals surface area contributed by atoms with Crippen LogP contribution in [-0.2, 0) is 14.9 Å². The lowest BCUT2D eigenvalue weighted by molar-refractivity contribution is -0.126. The molecule has 2 fully saturated rings. The molecule has 0 aliphatic carbocycles. The van der Waals surface area contributed by atoms with E-state index in [4.69, 9.17) is 16.3 Å². The number of halogens is 1. The molecule has 0 aromatic heterocycles. The molecule has 0 bridgehead atoms. The fourth-order valence-electron chi connectivity index (χ4n) is 3.61. The Bertz CT molecular complexity index is 520. The molecule has 23 heavy (non-hydrogen) atoms. The van der Waals surface area contributed by atoms with Crippen molar-refractivity contribution in [2.75, 3.05) is 32.8 Å². The van der Waals surface area contributed by atoms with Gasteiger partial charge in [-0.1, -0.05) is 23.7 Å². The van der Waals surface area contributed by atoms with E-state index in [-0.39, 0.29) is 17.2 Å². The van der Waals surface area contributed by atoms with E-state index >= 15 is 0 Å². The van der Waals surface area contributed by atoms with Crippen molar-refractivity contribution < 1.29 is 9.53 Å². The number of nitrogens with one attached hydrogen (secondary N) is 2. The molecule has 1 unspecified atom stereocenters. The van der Waals surface area contributed by atoms with Crippen LogP contribution in [-0.4, -0.2) is 38.8 Å². The Hall–Kier alpha value is -1.10. The third-order valence-electron chi connectivity index (χ3n) is 5.18. The number of piperidine rings is 1. The molecule has 2 N–H and O–H groups in total. The lowest BCUT2D eigenvalue weighted by atomic mass is 9.74. The largest absolute Gasteiger partial charge is 0.381 e. The molecule has 2 aliphatic heterocycles. The number of hydrogen-bond donors (Lipinski definition) is 2. The molecule has 5 heteroatoms. The number of amides is 1. The first-order valence-electron chi connectivity index (χ1n) is 8.52. The van der Waals surface area contributed by atoms with Gasteiger partial charge in [0.25, 0.3) is 0 Å². The molecule has 0 spiro atoms. The third kappa shape index (κ3) is 4.06. The van der Waals surface area contributed by atoms with Gasteiger partial charge >= 0.3 is 0 Å². The van der Waals surface area contributed by atoms with Crippen LogP contribution in [0, 0.1) is 5.92 Å². The van der Waals surface area contributed by atoms with Crippen LogP contribution in [0.25, 0.3) is 0 Å². The third-order valence-corrected chi connectivity index (χ3v) is 5.43. The summed E-state index contributed by atoms with van der Waals surface area (Å²) in [5.41, 5.74) is 1.20. The zero-order valence-corrected chi connectivity index (χ0v) is 14.2. The first kappa shape index (κ1) is 16.7. The number of rotatable bonds is 4. The summed E-state index contributed by atoms with van der Waals surface area (Å²) in [5.74, 6) is 0.280. The second-order valence-electron chi connectivity index (χ2n) is 6.66. The highest BCUT2D eigenvalue weighted by atomic mass is 35.5. The summed E-state index contributed by atoms with van der Waals surface area (Å²) in [7, 11) is 0. The van der Waals surface area contributed by atoms with Gasteiger partial charge in [-0.2, -0.15) is 0 Å². The molecule has 1 atom stereocenters. The van der Waals surface area contributed by atoms with Gasteiger partial charge in [-0.3, -0.25) is 4.79 Å². The average Bonchev–Trinajstić information content (AvgIpc) is 2.62. The van der Waals surface area contributed by atoms with E-state index in [0.29, 0.717) is 6.54 Å². The molecule has 2 heterocycles. The van der Waals surface area contributed by atoms with Crippen LogP contribution < -0.4 is 10.6 Å². The topological polar surface area (TPSA) is 50.4 Å². The van der Waals surface area contributed by atoms with Crippen molar-refractivity contribution >= 4 is 17.5 Å². The second kappa shape index (κ2) is 7.65. The lowest BCUT2D eigenvalue weighted by Gasteiger charge is -2.38. The van der Waals surface area contributed by atoms with E-state index in [1.807, 2.05) is 12.1 Å². The van der Waals surface area contributed by atoms with Crippen LogP contribution in [0.3, 0.4) is 0 Å². The predicted molar refractivity (Wildman–Crippen MR) is 91.8 cm³/mol. The quantitative estimate of drug-likeness (QED) is 0.888. The second-order valence-corrected chi connectivity index (χ2v) is 7.10. The van der Waals surface area contributed by atoms with Gasteiger partial charge in [0.1, 0.15) is 0 Å². The fourth-order valence-corrected chi connectivity index (χ4v) is 3.74. The maximum atomic E-state index is 12.5. The number of ether oxygens (including phenoxy) is 1. The Kier molecular flexibility index (Phi) is 5.57. The number of carbonyl (C=O) groups excluding carboxylic acids is 1. The SMILES string of the molecule is O=C(NCC1(c2ccc(Cl)cc2)CCOCC1)C1CCCNC1. The van der Waals surface area contributed by atoms with Crippen LogP contribution in [0.15, 0.2) is 24.3 Å². The molecular weight excluding hydrogens is 312 g/mol. The Morgan fingerprint density at radius 2 is 2.04 bits per heavy atom. The van der Waals surface area contributed by atoms with Crippen molar-refractivity contribution in [1.29, 1.82) is 0 Å². The highest BCUT2D eigenvalue weighted by Crippen LogP contribution is 2.35. The molecule has 1 aromatic carbocycles. The Labute approximate surface area is 142 Å². The van der Waals surface area contributed by atoms with Crippen LogP contribution in [0.5, 0.6) is 0 Å². The van der Waals surface area contributed by atoms with Crippen molar-refractivity contribution in [3.63, 3.8) is 0 Å². The minimum Gasteiger partial charge on any atom is -0.381 e. The monoisotopic (exact) mass is 336 g/mol. The molecule has 2 aliphatic rings. The van der Waals surface area contributed by atoms with Gasteiger partial charge in [0.2, 0.25) is 5.91 Å². The zero-order valence-electron chi connectivity index (χ0n) is 13.4. The van der Waals surface area contributed by atoms with Crippen LogP contribution in [0.4, 0.5) is 0 Å². The zero-order chi connectivity index (χ0) is 16.1. The summed E-state index contributed by atoms with van der Waals surface area (Å²) in [4.78, 5) is 12.5. The van der Waals surface area contributed by atoms with Crippen LogP contribution in [0.1, 0.15) is 31.2 Å². The summed E-state index contributed by atoms with van der Waals surface area (Å²) in [6, 6.07) is 8.03. The van der Waals surface area contributed by atoms with Crippen LogP contribution >= 0.6 is 11.6 Å². The molecule has 1 aromatic rings. The highest BCUT2D eigenvalue weighted by molar-refractivity contribution is 6.30. The van der Waals surface area contributed by atoms with E-state index in [2.05, 4.69) is 22.8 Å². The summed E-state index contributed by atoms with van der Waals surface area (Å²) in [6.45, 7) is 3.97. The molecule has 4 nitrogen and oxygen atoms in total. The first-order valence-corrected chi connectivity index (χ1v) is 8.90. The number of carbonyl (C=O) groups is 1. The van der Waals surface area contributed by atoms with Gasteiger partial charge < -0.3 is 15.4 Å². The fraction of sp³-hybridized carbons (Fsp3) is 0.611. The van der Waals surface area contributed by atoms with Gasteiger partial charge in [-0.05, 0) is 49.9 Å². The van der Waals surface area contributed by atoms with Crippen molar-refractivity contribution in [1.82, 2.24) is 10.6 Å². The highest BCUT2D eigenvalue weighted by Gasteiger charge is 2.35. The molecular formula is C18H25ClN2O2. The maximum Gasteiger partial charge on any atom is 0.224 e. The normalized spacial score (nSPS) is 24.1. The molecule has 0 saturated carbocycles. The molecule has 0 radical (unpaired) electrons. The van der Waals surface area contributed by atoms with E-state index in [0.717, 1.165) is 57.0 Å². The summed E-state index contributed by atoms with van der Waals surface area (Å²) >= 11 is 6.02. The standard InChI is InChI=1S/C18H25ClN2O2/c19-16-5-3-15(4-6-16)18(7-10-23-11-8-18)13-21-17(22)14-2-1-9-20-12-14/h3-6,14,20H,1-2,7-13H2,(H,21,22). The van der Waals surface area contributed by atoms with Crippen molar-refractivity contribution in [3.8, 4) is 0 Å². The Morgan fingerprint density at radius 3 is 2.70 bits per heavy atom. The Morgan fingerprint density at radius 1 is 1.30 bits per heavy atom. The number of benzene rings is 1. The van der Waals surface area contributed by atoms with Crippen molar-refractivity contribution in [2.24, 2.45) is 5.92 Å². The van der Waals surface area contributed by atoms with Gasteiger partial charge in [0.05, 0.1) is 5.92 Å². The van der Waals surface area contributed by atoms with E-state index < -0.39 is 0 Å². The predicted octanol–water partition coefficient (Wildman–Crippen LogP) is 2.50. The van der Waals surface area contributed by atoms with E-state index in [1.54, 1.807) is 0 Å².